The molecule has 1 aromatic heterocycles. The van der Waals surface area contributed by atoms with Gasteiger partial charge in [0.25, 0.3) is 0 Å². The highest BCUT2D eigenvalue weighted by Gasteiger charge is 2.44. The van der Waals surface area contributed by atoms with Crippen molar-refractivity contribution in [1.29, 1.82) is 0 Å². The Bertz CT molecular complexity index is 720. The number of hydrogen-bond donors (Lipinski definition) is 4. The maximum atomic E-state index is 12.0. The van der Waals surface area contributed by atoms with Gasteiger partial charge in [0.15, 0.2) is 12.0 Å². The topological polar surface area (TPSA) is 143 Å². The number of aliphatic hydroxyl groups is 2. The van der Waals surface area contributed by atoms with Crippen LogP contribution in [0.4, 0.5) is 5.82 Å². The number of ether oxygens (including phenoxy) is 2. The first-order chi connectivity index (χ1) is 12.0. The van der Waals surface area contributed by atoms with Crippen molar-refractivity contribution in [1.82, 2.24) is 9.55 Å². The molecule has 0 radical (unpaired) electrons. The summed E-state index contributed by atoms with van der Waals surface area (Å²) in [5.74, 6) is -0.668. The summed E-state index contributed by atoms with van der Waals surface area (Å²) >= 11 is 0. The van der Waals surface area contributed by atoms with Gasteiger partial charge in [-0.25, -0.2) is 4.79 Å². The van der Waals surface area contributed by atoms with E-state index in [0.717, 1.165) is 6.20 Å². The highest BCUT2D eigenvalue weighted by molar-refractivity contribution is 5.70. The molecule has 25 heavy (non-hydrogen) atoms. The van der Waals surface area contributed by atoms with Crippen LogP contribution in [0.3, 0.4) is 0 Å². The molecule has 140 valence electrons. The van der Waals surface area contributed by atoms with Crippen molar-refractivity contribution in [3.8, 4) is 0 Å². The lowest BCUT2D eigenvalue weighted by Gasteiger charge is -2.19. The Balaban J connectivity index is 2.13. The van der Waals surface area contributed by atoms with Crippen LogP contribution in [-0.2, 0) is 14.3 Å². The molecule has 1 aliphatic rings. The van der Waals surface area contributed by atoms with Crippen LogP contribution in [0, 0.1) is 5.41 Å². The first-order valence-corrected chi connectivity index (χ1v) is 7.68. The van der Waals surface area contributed by atoms with Gasteiger partial charge in [0.05, 0.1) is 7.79 Å². The van der Waals surface area contributed by atoms with Gasteiger partial charge in [0, 0.05) is 6.20 Å². The van der Waals surface area contributed by atoms with E-state index in [0.29, 0.717) is 4.57 Å². The van der Waals surface area contributed by atoms with Gasteiger partial charge in [-0.1, -0.05) is 20.8 Å². The van der Waals surface area contributed by atoms with Gasteiger partial charge in [-0.05, 0) is 11.5 Å². The third-order valence-electron chi connectivity index (χ3n) is 3.47. The van der Waals surface area contributed by atoms with E-state index < -0.39 is 36.2 Å². The first kappa shape index (κ1) is 17.8. The lowest BCUT2D eigenvalue weighted by molar-refractivity contribution is -0.152. The molecule has 4 N–H and O–H groups in total. The van der Waals surface area contributed by atoms with Gasteiger partial charge < -0.3 is 19.7 Å². The molecule has 0 aliphatic carbocycles. The van der Waals surface area contributed by atoms with E-state index in [1.54, 1.807) is 5.48 Å². The molecular formula is C15H23N3O7. The summed E-state index contributed by atoms with van der Waals surface area (Å²) in [5, 5.41) is 29.0. The van der Waals surface area contributed by atoms with E-state index in [9.17, 15) is 19.8 Å². The second-order valence-corrected chi connectivity index (χ2v) is 6.93. The van der Waals surface area contributed by atoms with Crippen LogP contribution in [0.25, 0.3) is 0 Å². The van der Waals surface area contributed by atoms with Crippen molar-refractivity contribution in [2.45, 2.75) is 51.7 Å². The van der Waals surface area contributed by atoms with Crippen molar-refractivity contribution < 1.29 is 31.1 Å². The number of aliphatic hydroxyl groups excluding tert-OH is 2. The number of nitrogens with zero attached hydrogens (tertiary/aromatic N) is 2. The van der Waals surface area contributed by atoms with E-state index >= 15 is 0 Å². The Labute approximate surface area is 145 Å². The Hall–Kier alpha value is -2.01. The van der Waals surface area contributed by atoms with Gasteiger partial charge in [-0.2, -0.15) is 4.98 Å². The molecule has 0 saturated carbocycles. The number of nitrogens with one attached hydrogen (secondary N) is 1. The molecule has 10 heteroatoms. The maximum Gasteiger partial charge on any atom is 0.351 e. The van der Waals surface area contributed by atoms with Gasteiger partial charge >= 0.3 is 11.7 Å². The van der Waals surface area contributed by atoms with Crippen LogP contribution in [-0.4, -0.2) is 55.9 Å². The number of hydrogen-bond acceptors (Lipinski definition) is 9. The summed E-state index contributed by atoms with van der Waals surface area (Å²) in [6.07, 6.45) is -5.69. The van der Waals surface area contributed by atoms with Gasteiger partial charge in [0.1, 0.15) is 24.9 Å². The van der Waals surface area contributed by atoms with Crippen LogP contribution in [0.15, 0.2) is 17.1 Å². The fourth-order valence-corrected chi connectivity index (χ4v) is 2.27. The molecule has 0 bridgehead atoms. The normalized spacial score (nSPS) is 30.0. The van der Waals surface area contributed by atoms with Crippen LogP contribution >= 0.6 is 0 Å². The second-order valence-electron chi connectivity index (χ2n) is 6.93. The zero-order chi connectivity index (χ0) is 19.7. The second kappa shape index (κ2) is 7.48. The number of anilines is 1. The Morgan fingerprint density at radius 2 is 2.16 bits per heavy atom. The minimum absolute atomic E-state index is 0.142. The summed E-state index contributed by atoms with van der Waals surface area (Å²) in [6.45, 7) is 5.19. The molecular weight excluding hydrogens is 334 g/mol. The van der Waals surface area contributed by atoms with E-state index in [2.05, 4.69) is 4.98 Å². The van der Waals surface area contributed by atoms with Crippen molar-refractivity contribution in [2.24, 2.45) is 5.41 Å². The van der Waals surface area contributed by atoms with Crippen LogP contribution < -0.4 is 11.2 Å². The largest absolute Gasteiger partial charge is 0.463 e. The molecule has 2 rings (SSSR count). The summed E-state index contributed by atoms with van der Waals surface area (Å²) in [5.41, 5.74) is 0.407. The SMILES string of the molecule is [2H][C@@]1(n2ccc(NO)nc2=O)O[C@H](COC(=O)CC(C)(C)C)[C@@H](O)[C@H]1O. The zero-order valence-corrected chi connectivity index (χ0v) is 14.2. The molecule has 1 aromatic rings. The Morgan fingerprint density at radius 3 is 2.72 bits per heavy atom. The van der Waals surface area contributed by atoms with E-state index in [-0.39, 0.29) is 24.3 Å². The Morgan fingerprint density at radius 1 is 1.48 bits per heavy atom. The first-order valence-electron chi connectivity index (χ1n) is 8.18. The average molecular weight is 358 g/mol. The van der Waals surface area contributed by atoms with Crippen LogP contribution in [0.2, 0.25) is 0 Å². The summed E-state index contributed by atoms with van der Waals surface area (Å²) < 4.78 is 19.3. The minimum atomic E-state index is -2.36. The number of rotatable bonds is 5. The predicted octanol–water partition coefficient (Wildman–Crippen LogP) is -0.357. The van der Waals surface area contributed by atoms with E-state index in [1.807, 2.05) is 20.8 Å². The highest BCUT2D eigenvalue weighted by Crippen LogP contribution is 2.29. The number of carbonyl (C=O) groups excluding carboxylic acids is 1. The molecule has 1 saturated heterocycles. The fourth-order valence-electron chi connectivity index (χ4n) is 2.27. The summed E-state index contributed by atoms with van der Waals surface area (Å²) in [6, 6.07) is 1.18. The molecule has 10 nitrogen and oxygen atoms in total. The molecule has 0 unspecified atom stereocenters. The third-order valence-corrected chi connectivity index (χ3v) is 3.47. The molecule has 2 heterocycles. The summed E-state index contributed by atoms with van der Waals surface area (Å²) in [7, 11) is 0. The lowest BCUT2D eigenvalue weighted by atomic mass is 9.92. The van der Waals surface area contributed by atoms with Crippen molar-refractivity contribution in [2.75, 3.05) is 12.1 Å². The van der Waals surface area contributed by atoms with E-state index in [1.165, 1.54) is 6.07 Å². The quantitative estimate of drug-likeness (QED) is 0.410. The number of esters is 1. The smallest absolute Gasteiger partial charge is 0.351 e. The predicted molar refractivity (Wildman–Crippen MR) is 84.9 cm³/mol. The molecule has 1 fully saturated rings. The number of carbonyl (C=O) groups is 1. The third kappa shape index (κ3) is 4.75. The Kier molecular flexibility index (Phi) is 5.33. The molecule has 4 atom stereocenters. The molecule has 0 aromatic carbocycles. The highest BCUT2D eigenvalue weighted by atomic mass is 16.6. The zero-order valence-electron chi connectivity index (χ0n) is 15.2. The lowest BCUT2D eigenvalue weighted by Crippen LogP contribution is -2.36. The minimum Gasteiger partial charge on any atom is -0.463 e. The van der Waals surface area contributed by atoms with Gasteiger partial charge in [-0.15, -0.1) is 0 Å². The monoisotopic (exact) mass is 358 g/mol. The van der Waals surface area contributed by atoms with E-state index in [4.69, 9.17) is 16.1 Å². The van der Waals surface area contributed by atoms with Crippen molar-refractivity contribution >= 4 is 11.8 Å². The molecule has 1 aliphatic heterocycles. The summed E-state index contributed by atoms with van der Waals surface area (Å²) in [4.78, 5) is 27.2. The van der Waals surface area contributed by atoms with Gasteiger partial charge in [0.2, 0.25) is 0 Å². The molecule has 0 spiro atoms. The van der Waals surface area contributed by atoms with Crippen LogP contribution in [0.5, 0.6) is 0 Å². The van der Waals surface area contributed by atoms with Crippen LogP contribution in [0.1, 0.15) is 34.8 Å². The maximum absolute atomic E-state index is 12.0. The standard InChI is InChI=1S/C15H23N3O7/c1-15(2,3)6-10(19)24-7-8-11(20)12(21)13(25-8)18-5-4-9(17-23)16-14(18)22/h4-5,8,11-13,20-21,23H,6-7H2,1-3H3,(H,16,17,22)/t8-,11-,12-,13-/m1/s1/i13D. The van der Waals surface area contributed by atoms with Crippen molar-refractivity contribution in [3.05, 3.63) is 22.7 Å². The van der Waals surface area contributed by atoms with Gasteiger partial charge in [-0.3, -0.25) is 20.0 Å². The fraction of sp³-hybridized carbons (Fsp3) is 0.667. The van der Waals surface area contributed by atoms with Crippen molar-refractivity contribution in [3.63, 3.8) is 0 Å². The average Bonchev–Trinajstić information content (AvgIpc) is 2.76. The molecule has 0 amide bonds. The number of aromatic nitrogens is 2.